The number of aromatic nitrogens is 2. The van der Waals surface area contributed by atoms with E-state index in [1.165, 1.54) is 0 Å². The molecule has 0 spiro atoms. The van der Waals surface area contributed by atoms with Crippen LogP contribution in [0.2, 0.25) is 0 Å². The van der Waals surface area contributed by atoms with Gasteiger partial charge in [0.15, 0.2) is 0 Å². The van der Waals surface area contributed by atoms with Gasteiger partial charge in [-0.15, -0.1) is 16.4 Å². The van der Waals surface area contributed by atoms with Gasteiger partial charge < -0.3 is 4.42 Å². The SMILES string of the molecule is [B]c1c([B])c([B])c(-c2ccc3c(-c4ccc5cc(-n6c(CC)nc7ccccc76)ccc5c4)c4ccccc4c(-c4cccc5oc6ccccc6c45)c3c2)c([B])c1[B]. The van der Waals surface area contributed by atoms with Gasteiger partial charge in [-0.2, -0.15) is 0 Å². The summed E-state index contributed by atoms with van der Waals surface area (Å²) in [7, 11) is 32.5. The van der Waals surface area contributed by atoms with E-state index < -0.39 is 0 Å². The Labute approximate surface area is 348 Å². The van der Waals surface area contributed by atoms with Crippen LogP contribution in [0.3, 0.4) is 0 Å². The van der Waals surface area contributed by atoms with Crippen LogP contribution in [-0.4, -0.2) is 48.8 Å². The number of fused-ring (bicyclic) bond motifs is 7. The zero-order chi connectivity index (χ0) is 40.1. The third kappa shape index (κ3) is 5.32. The molecule has 10 radical (unpaired) electrons. The van der Waals surface area contributed by atoms with E-state index in [2.05, 4.69) is 127 Å². The van der Waals surface area contributed by atoms with Crippen molar-refractivity contribution in [2.45, 2.75) is 13.3 Å². The van der Waals surface area contributed by atoms with Gasteiger partial charge in [-0.05, 0) is 114 Å². The van der Waals surface area contributed by atoms with E-state index in [9.17, 15) is 0 Å². The molecule has 0 atom stereocenters. The molecule has 8 heteroatoms. The van der Waals surface area contributed by atoms with Crippen LogP contribution in [0.1, 0.15) is 12.7 Å². The molecule has 0 aliphatic rings. The van der Waals surface area contributed by atoms with Gasteiger partial charge >= 0.3 is 0 Å². The van der Waals surface area contributed by atoms with Crippen molar-refractivity contribution >= 4 is 132 Å². The van der Waals surface area contributed by atoms with Gasteiger partial charge in [0.25, 0.3) is 0 Å². The van der Waals surface area contributed by atoms with Crippen LogP contribution in [0.25, 0.3) is 104 Å². The molecule has 0 saturated heterocycles. The Balaban J connectivity index is 1.20. The molecule has 0 amide bonds. The molecule has 59 heavy (non-hydrogen) atoms. The lowest BCUT2D eigenvalue weighted by Gasteiger charge is -2.23. The van der Waals surface area contributed by atoms with Gasteiger partial charge in [-0.3, -0.25) is 4.57 Å². The van der Waals surface area contributed by atoms with Crippen LogP contribution in [0.4, 0.5) is 0 Å². The molecule has 0 bridgehead atoms. The van der Waals surface area contributed by atoms with Crippen molar-refractivity contribution in [2.75, 3.05) is 0 Å². The van der Waals surface area contributed by atoms with Crippen LogP contribution in [0.15, 0.2) is 150 Å². The molecule has 0 aliphatic heterocycles. The molecule has 0 saturated carbocycles. The van der Waals surface area contributed by atoms with Crippen molar-refractivity contribution in [2.24, 2.45) is 0 Å². The molecule has 3 nitrogen and oxygen atoms in total. The second-order valence-electron chi connectivity index (χ2n) is 15.2. The molecular weight excluding hydrogens is 711 g/mol. The highest BCUT2D eigenvalue weighted by molar-refractivity contribution is 6.68. The lowest BCUT2D eigenvalue weighted by Crippen LogP contribution is -2.55. The zero-order valence-electron chi connectivity index (χ0n) is 32.3. The molecule has 11 aromatic rings. The molecule has 2 heterocycles. The summed E-state index contributed by atoms with van der Waals surface area (Å²) in [6.07, 6.45) is 0.827. The molecule has 0 aliphatic carbocycles. The van der Waals surface area contributed by atoms with Gasteiger partial charge in [0, 0.05) is 22.9 Å². The van der Waals surface area contributed by atoms with Crippen molar-refractivity contribution in [1.82, 2.24) is 9.55 Å². The Kier molecular flexibility index (Phi) is 8.10. The topological polar surface area (TPSA) is 31.0 Å². The van der Waals surface area contributed by atoms with Crippen molar-refractivity contribution in [3.8, 4) is 39.1 Å². The number of benzene rings is 9. The van der Waals surface area contributed by atoms with Crippen LogP contribution in [0, 0.1) is 0 Å². The summed E-state index contributed by atoms with van der Waals surface area (Å²) in [5.41, 5.74) is 11.7. The van der Waals surface area contributed by atoms with E-state index in [1.807, 2.05) is 30.3 Å². The fourth-order valence-corrected chi connectivity index (χ4v) is 9.21. The quantitative estimate of drug-likeness (QED) is 0.133. The smallest absolute Gasteiger partial charge is 0.136 e. The van der Waals surface area contributed by atoms with Crippen LogP contribution < -0.4 is 27.3 Å². The van der Waals surface area contributed by atoms with Crippen LogP contribution in [0.5, 0.6) is 0 Å². The predicted molar refractivity (Wildman–Crippen MR) is 253 cm³/mol. The third-order valence-electron chi connectivity index (χ3n) is 12.0. The van der Waals surface area contributed by atoms with Crippen molar-refractivity contribution < 1.29 is 4.42 Å². The largest absolute Gasteiger partial charge is 0.456 e. The van der Waals surface area contributed by atoms with Gasteiger partial charge in [0.2, 0.25) is 0 Å². The van der Waals surface area contributed by atoms with Crippen molar-refractivity contribution in [1.29, 1.82) is 0 Å². The average Bonchev–Trinajstić information content (AvgIpc) is 3.85. The minimum Gasteiger partial charge on any atom is -0.456 e. The summed E-state index contributed by atoms with van der Waals surface area (Å²) in [4.78, 5) is 4.93. The normalized spacial score (nSPS) is 11.9. The lowest BCUT2D eigenvalue weighted by atomic mass is 9.59. The van der Waals surface area contributed by atoms with Crippen molar-refractivity contribution in [3.05, 3.63) is 151 Å². The molecule has 0 N–H and O–H groups in total. The van der Waals surface area contributed by atoms with Crippen molar-refractivity contribution in [3.63, 3.8) is 0 Å². The number of rotatable bonds is 5. The first kappa shape index (κ1) is 35.5. The molecule has 11 rings (SSSR count). The molecule has 264 valence electrons. The fourth-order valence-electron chi connectivity index (χ4n) is 9.21. The lowest BCUT2D eigenvalue weighted by molar-refractivity contribution is 0.669. The van der Waals surface area contributed by atoms with E-state index in [-0.39, 0.29) is 16.4 Å². The second kappa shape index (κ2) is 13.5. The first-order chi connectivity index (χ1) is 28.8. The standard InChI is InChI=1S/C51H29B5N2O/c1-2-42-57-38-14-6-7-15-39(38)58(42)31-22-20-27-24-29(19-18-28(27)25-31)43-32-10-3-4-11-33(32)45(36-13-9-17-41-46(36)35-12-5-8-16-40(35)59-41)37-26-30(21-23-34(37)43)44-47(52)49(54)51(56)50(55)48(44)53/h3-26H,2H2,1H3. The number of hydrogen-bond donors (Lipinski definition) is 0. The van der Waals surface area contributed by atoms with E-state index in [0.717, 1.165) is 111 Å². The molecule has 0 unspecified atom stereocenters. The monoisotopic (exact) mass is 740 g/mol. The summed E-state index contributed by atoms with van der Waals surface area (Å²) in [6.45, 7) is 2.15. The summed E-state index contributed by atoms with van der Waals surface area (Å²) in [6, 6.07) is 51.2. The van der Waals surface area contributed by atoms with E-state index >= 15 is 0 Å². The molecule has 9 aromatic carbocycles. The Morgan fingerprint density at radius 1 is 0.492 bits per heavy atom. The maximum Gasteiger partial charge on any atom is 0.136 e. The predicted octanol–water partition coefficient (Wildman–Crippen LogP) is 7.92. The zero-order valence-corrected chi connectivity index (χ0v) is 32.3. The number of aryl methyl sites for hydroxylation is 1. The highest BCUT2D eigenvalue weighted by Gasteiger charge is 2.22. The summed E-state index contributed by atoms with van der Waals surface area (Å²) >= 11 is 0. The van der Waals surface area contributed by atoms with Gasteiger partial charge in [0.05, 0.1) is 11.0 Å². The third-order valence-corrected chi connectivity index (χ3v) is 12.0. The molecule has 0 fully saturated rings. The first-order valence-corrected chi connectivity index (χ1v) is 19.7. The van der Waals surface area contributed by atoms with Gasteiger partial charge in [-0.1, -0.05) is 115 Å². The fraction of sp³-hybridized carbons (Fsp3) is 0.0392. The number of para-hydroxylation sites is 3. The minimum absolute atomic E-state index is 0.185. The maximum atomic E-state index is 6.69. The molecule has 2 aromatic heterocycles. The Morgan fingerprint density at radius 3 is 1.90 bits per heavy atom. The highest BCUT2D eigenvalue weighted by Crippen LogP contribution is 2.48. The summed E-state index contributed by atoms with van der Waals surface area (Å²) in [5, 5.41) is 8.66. The second-order valence-corrected chi connectivity index (χ2v) is 15.2. The number of imidazole rings is 1. The van der Waals surface area contributed by atoms with E-state index in [4.69, 9.17) is 48.6 Å². The Morgan fingerprint density at radius 2 is 1.10 bits per heavy atom. The highest BCUT2D eigenvalue weighted by atomic mass is 16.3. The van der Waals surface area contributed by atoms with Crippen LogP contribution >= 0.6 is 0 Å². The number of nitrogens with zero attached hydrogens (tertiary/aromatic N) is 2. The van der Waals surface area contributed by atoms with E-state index in [0.29, 0.717) is 16.5 Å². The summed E-state index contributed by atoms with van der Waals surface area (Å²) < 4.78 is 8.69. The summed E-state index contributed by atoms with van der Waals surface area (Å²) in [5.74, 6) is 1.03. The Bertz CT molecular complexity index is 3540. The average molecular weight is 740 g/mol. The van der Waals surface area contributed by atoms with E-state index in [1.54, 1.807) is 0 Å². The van der Waals surface area contributed by atoms with Gasteiger partial charge in [0.1, 0.15) is 56.2 Å². The number of furan rings is 1. The Hall–Kier alpha value is -6.65. The number of hydrogen-bond acceptors (Lipinski definition) is 2. The minimum atomic E-state index is 0.185. The maximum absolute atomic E-state index is 6.69. The molecular formula is C51H29B5N2O. The van der Waals surface area contributed by atoms with Gasteiger partial charge in [-0.25, -0.2) is 4.98 Å². The van der Waals surface area contributed by atoms with Crippen LogP contribution in [-0.2, 0) is 6.42 Å². The first-order valence-electron chi connectivity index (χ1n) is 19.7.